The molecular formula is C17H17ClN2O. The van der Waals surface area contributed by atoms with Crippen LogP contribution in [-0.2, 0) is 13.5 Å². The van der Waals surface area contributed by atoms with Crippen LogP contribution >= 0.6 is 11.6 Å². The van der Waals surface area contributed by atoms with E-state index in [1.807, 2.05) is 48.1 Å². The fourth-order valence-corrected chi connectivity index (χ4v) is 2.82. The Morgan fingerprint density at radius 2 is 1.86 bits per heavy atom. The first-order valence-corrected chi connectivity index (χ1v) is 7.34. The minimum atomic E-state index is 0.0283. The summed E-state index contributed by atoms with van der Waals surface area (Å²) < 4.78 is 1.89. The second-order valence-electron chi connectivity index (χ2n) is 5.22. The van der Waals surface area contributed by atoms with Crippen LogP contribution in [0.25, 0.3) is 10.9 Å². The van der Waals surface area contributed by atoms with Crippen LogP contribution in [0.2, 0.25) is 5.02 Å². The molecule has 3 nitrogen and oxygen atoms in total. The average molecular weight is 301 g/mol. The number of nitrogens with zero attached hydrogens (tertiary/aromatic N) is 2. The molecule has 0 bridgehead atoms. The zero-order chi connectivity index (χ0) is 14.8. The van der Waals surface area contributed by atoms with Gasteiger partial charge in [0, 0.05) is 29.8 Å². The highest BCUT2D eigenvalue weighted by Crippen LogP contribution is 2.26. The van der Waals surface area contributed by atoms with Crippen LogP contribution in [0.1, 0.15) is 17.2 Å². The van der Waals surface area contributed by atoms with Crippen LogP contribution in [0.5, 0.6) is 0 Å². The van der Waals surface area contributed by atoms with Gasteiger partial charge in [-0.05, 0) is 23.8 Å². The lowest BCUT2D eigenvalue weighted by Gasteiger charge is -2.13. The number of halogens is 1. The summed E-state index contributed by atoms with van der Waals surface area (Å²) in [7, 11) is 1.95. The summed E-state index contributed by atoms with van der Waals surface area (Å²) in [6, 6.07) is 15.8. The summed E-state index contributed by atoms with van der Waals surface area (Å²) in [6.45, 7) is 0.0898. The third-order valence-corrected chi connectivity index (χ3v) is 4.09. The molecule has 1 unspecified atom stereocenters. The maximum atomic E-state index is 9.72. The number of aliphatic hydroxyl groups is 1. The zero-order valence-corrected chi connectivity index (χ0v) is 12.6. The Morgan fingerprint density at radius 3 is 2.57 bits per heavy atom. The molecule has 1 heterocycles. The molecule has 4 heteroatoms. The number of benzene rings is 2. The highest BCUT2D eigenvalue weighted by atomic mass is 35.5. The predicted octanol–water partition coefficient (Wildman–Crippen LogP) is 3.55. The molecule has 1 aromatic heterocycles. The van der Waals surface area contributed by atoms with E-state index in [1.54, 1.807) is 0 Å². The fourth-order valence-electron chi connectivity index (χ4n) is 2.70. The summed E-state index contributed by atoms with van der Waals surface area (Å²) in [5.41, 5.74) is 3.21. The highest BCUT2D eigenvalue weighted by Gasteiger charge is 2.16. The first-order chi connectivity index (χ1) is 10.2. The Bertz CT molecular complexity index is 749. The summed E-state index contributed by atoms with van der Waals surface area (Å²) in [5, 5.41) is 16.2. The summed E-state index contributed by atoms with van der Waals surface area (Å²) in [4.78, 5) is 0. The Hall–Kier alpha value is -1.84. The molecule has 3 aromatic rings. The number of aliphatic hydroxyl groups excluding tert-OH is 1. The number of hydrogen-bond donors (Lipinski definition) is 1. The second kappa shape index (κ2) is 5.88. The van der Waals surface area contributed by atoms with Gasteiger partial charge >= 0.3 is 0 Å². The molecule has 0 aliphatic carbocycles. The van der Waals surface area contributed by atoms with Crippen molar-refractivity contribution in [3.8, 4) is 0 Å². The van der Waals surface area contributed by atoms with Crippen molar-refractivity contribution in [1.82, 2.24) is 9.78 Å². The van der Waals surface area contributed by atoms with Crippen molar-refractivity contribution >= 4 is 22.5 Å². The molecule has 0 amide bonds. The van der Waals surface area contributed by atoms with Crippen LogP contribution in [-0.4, -0.2) is 21.5 Å². The lowest BCUT2D eigenvalue weighted by molar-refractivity contribution is 0.264. The molecule has 2 aromatic carbocycles. The lowest BCUT2D eigenvalue weighted by atomic mass is 9.94. The van der Waals surface area contributed by atoms with Gasteiger partial charge in [0.25, 0.3) is 0 Å². The van der Waals surface area contributed by atoms with E-state index >= 15 is 0 Å². The number of aromatic nitrogens is 2. The van der Waals surface area contributed by atoms with E-state index < -0.39 is 0 Å². The fraction of sp³-hybridized carbons (Fsp3) is 0.235. The van der Waals surface area contributed by atoms with Crippen LogP contribution in [0.3, 0.4) is 0 Å². The first-order valence-electron chi connectivity index (χ1n) is 6.96. The van der Waals surface area contributed by atoms with Gasteiger partial charge in [-0.25, -0.2) is 0 Å². The van der Waals surface area contributed by atoms with Gasteiger partial charge in [0.1, 0.15) is 0 Å². The Balaban J connectivity index is 1.94. The Morgan fingerprint density at radius 1 is 1.14 bits per heavy atom. The van der Waals surface area contributed by atoms with Crippen molar-refractivity contribution in [2.45, 2.75) is 12.3 Å². The van der Waals surface area contributed by atoms with Gasteiger partial charge in [0.05, 0.1) is 17.8 Å². The molecule has 0 spiro atoms. The molecule has 0 aliphatic heterocycles. The molecule has 108 valence electrons. The predicted molar refractivity (Wildman–Crippen MR) is 85.7 cm³/mol. The molecule has 0 fully saturated rings. The summed E-state index contributed by atoms with van der Waals surface area (Å²) in [6.07, 6.45) is 0.708. The van der Waals surface area contributed by atoms with E-state index in [2.05, 4.69) is 17.2 Å². The standard InChI is InChI=1S/C17H17ClN2O/c1-20-17-5-3-2-4-15(17)16(19-20)10-13(11-21)12-6-8-14(18)9-7-12/h2-9,13,21H,10-11H2,1H3. The molecule has 3 rings (SSSR count). The minimum Gasteiger partial charge on any atom is -0.396 e. The van der Waals surface area contributed by atoms with Gasteiger partial charge in [-0.3, -0.25) is 4.68 Å². The minimum absolute atomic E-state index is 0.0283. The molecule has 21 heavy (non-hydrogen) atoms. The Kier molecular flexibility index (Phi) is 3.95. The van der Waals surface area contributed by atoms with Gasteiger partial charge in [-0.1, -0.05) is 41.9 Å². The van der Waals surface area contributed by atoms with E-state index in [0.29, 0.717) is 11.4 Å². The van der Waals surface area contributed by atoms with Crippen molar-refractivity contribution < 1.29 is 5.11 Å². The molecule has 1 N–H and O–H groups in total. The number of hydrogen-bond acceptors (Lipinski definition) is 2. The van der Waals surface area contributed by atoms with Crippen molar-refractivity contribution in [1.29, 1.82) is 0 Å². The van der Waals surface area contributed by atoms with Gasteiger partial charge in [0.15, 0.2) is 0 Å². The monoisotopic (exact) mass is 300 g/mol. The van der Waals surface area contributed by atoms with Crippen molar-refractivity contribution in [3.05, 3.63) is 64.8 Å². The van der Waals surface area contributed by atoms with Crippen LogP contribution in [0.4, 0.5) is 0 Å². The number of fused-ring (bicyclic) bond motifs is 1. The first kappa shape index (κ1) is 14.1. The summed E-state index contributed by atoms with van der Waals surface area (Å²) >= 11 is 5.92. The van der Waals surface area contributed by atoms with E-state index in [-0.39, 0.29) is 12.5 Å². The quantitative estimate of drug-likeness (QED) is 0.800. The molecule has 1 atom stereocenters. The van der Waals surface area contributed by atoms with Crippen LogP contribution in [0, 0.1) is 0 Å². The third-order valence-electron chi connectivity index (χ3n) is 3.84. The smallest absolute Gasteiger partial charge is 0.0710 e. The van der Waals surface area contributed by atoms with E-state index in [0.717, 1.165) is 22.2 Å². The third kappa shape index (κ3) is 2.80. The van der Waals surface area contributed by atoms with Crippen molar-refractivity contribution in [3.63, 3.8) is 0 Å². The number of aryl methyl sites for hydroxylation is 1. The maximum absolute atomic E-state index is 9.72. The molecule has 0 saturated heterocycles. The second-order valence-corrected chi connectivity index (χ2v) is 5.66. The van der Waals surface area contributed by atoms with Gasteiger partial charge < -0.3 is 5.11 Å². The van der Waals surface area contributed by atoms with Crippen molar-refractivity contribution in [2.24, 2.45) is 7.05 Å². The summed E-state index contributed by atoms with van der Waals surface area (Å²) in [5.74, 6) is 0.0283. The molecule has 0 saturated carbocycles. The SMILES string of the molecule is Cn1nc(CC(CO)c2ccc(Cl)cc2)c2ccccc21. The van der Waals surface area contributed by atoms with Gasteiger partial charge in [-0.15, -0.1) is 0 Å². The molecule has 0 radical (unpaired) electrons. The topological polar surface area (TPSA) is 38.0 Å². The molecular weight excluding hydrogens is 284 g/mol. The average Bonchev–Trinajstić information content (AvgIpc) is 2.83. The molecule has 0 aliphatic rings. The normalized spacial score (nSPS) is 12.7. The van der Waals surface area contributed by atoms with Crippen molar-refractivity contribution in [2.75, 3.05) is 6.61 Å². The van der Waals surface area contributed by atoms with Crippen LogP contribution in [0.15, 0.2) is 48.5 Å². The maximum Gasteiger partial charge on any atom is 0.0710 e. The Labute approximate surface area is 128 Å². The largest absolute Gasteiger partial charge is 0.396 e. The van der Waals surface area contributed by atoms with Gasteiger partial charge in [0.2, 0.25) is 0 Å². The number of rotatable bonds is 4. The lowest BCUT2D eigenvalue weighted by Crippen LogP contribution is -2.08. The van der Waals surface area contributed by atoms with Gasteiger partial charge in [-0.2, -0.15) is 5.10 Å². The number of para-hydroxylation sites is 1. The highest BCUT2D eigenvalue weighted by molar-refractivity contribution is 6.30. The van der Waals surface area contributed by atoms with Crippen LogP contribution < -0.4 is 0 Å². The zero-order valence-electron chi connectivity index (χ0n) is 11.8. The van der Waals surface area contributed by atoms with E-state index in [4.69, 9.17) is 11.6 Å². The van der Waals surface area contributed by atoms with E-state index in [1.165, 1.54) is 0 Å². The van der Waals surface area contributed by atoms with E-state index in [9.17, 15) is 5.11 Å².